The van der Waals surface area contributed by atoms with Crippen LogP contribution in [0.3, 0.4) is 0 Å². The second-order valence-electron chi connectivity index (χ2n) is 5.39. The van der Waals surface area contributed by atoms with Gasteiger partial charge in [-0.1, -0.05) is 18.2 Å². The topological polar surface area (TPSA) is 67.0 Å². The van der Waals surface area contributed by atoms with Gasteiger partial charge in [0, 0.05) is 24.6 Å². The lowest BCUT2D eigenvalue weighted by Crippen LogP contribution is -2.26. The summed E-state index contributed by atoms with van der Waals surface area (Å²) in [5.41, 5.74) is 3.51. The Bertz CT molecular complexity index is 839. The molecule has 0 saturated carbocycles. The number of aromatic amines is 1. The minimum absolute atomic E-state index is 0.0547. The average Bonchev–Trinajstić information content (AvgIpc) is 2.96. The fourth-order valence-corrected chi connectivity index (χ4v) is 2.50. The molecule has 118 valence electrons. The summed E-state index contributed by atoms with van der Waals surface area (Å²) in [6, 6.07) is 13.3. The van der Waals surface area contributed by atoms with E-state index in [-0.39, 0.29) is 5.91 Å². The number of carbonyl (C=O) groups is 1. The van der Waals surface area contributed by atoms with E-state index in [2.05, 4.69) is 15.3 Å². The third-order valence-electron chi connectivity index (χ3n) is 3.78. The first-order valence-electron chi connectivity index (χ1n) is 7.54. The second kappa shape index (κ2) is 6.52. The quantitative estimate of drug-likeness (QED) is 0.761. The molecule has 1 aromatic heterocycles. The number of hydrogen-bond acceptors (Lipinski definition) is 3. The van der Waals surface area contributed by atoms with Crippen LogP contribution in [0.25, 0.3) is 11.0 Å². The third kappa shape index (κ3) is 3.34. The Balaban J connectivity index is 1.62. The van der Waals surface area contributed by atoms with E-state index in [0.29, 0.717) is 18.5 Å². The summed E-state index contributed by atoms with van der Waals surface area (Å²) in [5.74, 6) is 1.58. The molecule has 0 aliphatic heterocycles. The van der Waals surface area contributed by atoms with Crippen molar-refractivity contribution < 1.29 is 9.53 Å². The number of nitrogens with one attached hydrogen (secondary N) is 2. The molecule has 0 atom stereocenters. The van der Waals surface area contributed by atoms with Crippen molar-refractivity contribution in [3.63, 3.8) is 0 Å². The van der Waals surface area contributed by atoms with Gasteiger partial charge in [0.05, 0.1) is 18.1 Å². The number of nitrogens with zero attached hydrogens (tertiary/aromatic N) is 1. The minimum Gasteiger partial charge on any atom is -0.497 e. The number of aryl methyl sites for hydroxylation is 1. The highest BCUT2D eigenvalue weighted by molar-refractivity contribution is 5.95. The highest BCUT2D eigenvalue weighted by Gasteiger charge is 2.08. The van der Waals surface area contributed by atoms with E-state index < -0.39 is 0 Å². The largest absolute Gasteiger partial charge is 0.497 e. The number of hydrogen-bond donors (Lipinski definition) is 2. The van der Waals surface area contributed by atoms with Crippen LogP contribution < -0.4 is 10.1 Å². The zero-order chi connectivity index (χ0) is 16.2. The summed E-state index contributed by atoms with van der Waals surface area (Å²) in [6.45, 7) is 2.46. The number of aromatic nitrogens is 2. The standard InChI is InChI=1S/C18H19N3O2/c1-12-5-3-4-6-14(12)18(22)19-10-9-17-20-15-8-7-13(23-2)11-16(15)21-17/h3-8,11H,9-10H2,1-2H3,(H,19,22)(H,20,21). The zero-order valence-electron chi connectivity index (χ0n) is 13.2. The predicted molar refractivity (Wildman–Crippen MR) is 89.9 cm³/mol. The highest BCUT2D eigenvalue weighted by Crippen LogP contribution is 2.18. The van der Waals surface area contributed by atoms with Crippen LogP contribution in [-0.2, 0) is 6.42 Å². The van der Waals surface area contributed by atoms with Crippen molar-refractivity contribution in [3.05, 3.63) is 59.4 Å². The van der Waals surface area contributed by atoms with Crippen molar-refractivity contribution in [2.45, 2.75) is 13.3 Å². The van der Waals surface area contributed by atoms with Crippen LogP contribution in [0.5, 0.6) is 5.75 Å². The highest BCUT2D eigenvalue weighted by atomic mass is 16.5. The normalized spacial score (nSPS) is 10.7. The van der Waals surface area contributed by atoms with E-state index in [4.69, 9.17) is 4.74 Å². The Hall–Kier alpha value is -2.82. The smallest absolute Gasteiger partial charge is 0.251 e. The number of methoxy groups -OCH3 is 1. The summed E-state index contributed by atoms with van der Waals surface area (Å²) in [5, 5.41) is 2.93. The number of carbonyl (C=O) groups excluding carboxylic acids is 1. The van der Waals surface area contributed by atoms with Gasteiger partial charge in [0.25, 0.3) is 5.91 Å². The lowest BCUT2D eigenvalue weighted by atomic mass is 10.1. The molecule has 0 unspecified atom stereocenters. The Morgan fingerprint density at radius 1 is 1.26 bits per heavy atom. The summed E-state index contributed by atoms with van der Waals surface area (Å²) >= 11 is 0. The molecule has 0 saturated heterocycles. The van der Waals surface area contributed by atoms with E-state index in [1.807, 2.05) is 49.4 Å². The molecule has 0 bridgehead atoms. The fraction of sp³-hybridized carbons (Fsp3) is 0.222. The molecular weight excluding hydrogens is 290 g/mol. The maximum Gasteiger partial charge on any atom is 0.251 e. The first kappa shape index (κ1) is 15.1. The zero-order valence-corrected chi connectivity index (χ0v) is 13.2. The van der Waals surface area contributed by atoms with Crippen molar-refractivity contribution in [2.75, 3.05) is 13.7 Å². The molecule has 2 aromatic carbocycles. The number of fused-ring (bicyclic) bond motifs is 1. The lowest BCUT2D eigenvalue weighted by Gasteiger charge is -2.06. The molecule has 0 aliphatic carbocycles. The van der Waals surface area contributed by atoms with Crippen LogP contribution in [0, 0.1) is 6.92 Å². The first-order chi connectivity index (χ1) is 11.2. The fourth-order valence-electron chi connectivity index (χ4n) is 2.50. The average molecular weight is 309 g/mol. The summed E-state index contributed by atoms with van der Waals surface area (Å²) in [4.78, 5) is 19.9. The van der Waals surface area contributed by atoms with Crippen molar-refractivity contribution in [1.29, 1.82) is 0 Å². The molecule has 1 amide bonds. The van der Waals surface area contributed by atoms with Gasteiger partial charge in [-0.05, 0) is 30.7 Å². The molecule has 0 aliphatic rings. The van der Waals surface area contributed by atoms with Gasteiger partial charge in [0.1, 0.15) is 11.6 Å². The monoisotopic (exact) mass is 309 g/mol. The minimum atomic E-state index is -0.0547. The molecule has 5 nitrogen and oxygen atoms in total. The number of H-pyrrole nitrogens is 1. The van der Waals surface area contributed by atoms with Crippen molar-refractivity contribution >= 4 is 16.9 Å². The summed E-state index contributed by atoms with van der Waals surface area (Å²) < 4.78 is 5.20. The van der Waals surface area contributed by atoms with Crippen LogP contribution in [0.15, 0.2) is 42.5 Å². The van der Waals surface area contributed by atoms with Gasteiger partial charge in [-0.3, -0.25) is 4.79 Å². The van der Waals surface area contributed by atoms with Crippen LogP contribution in [0.4, 0.5) is 0 Å². The Kier molecular flexibility index (Phi) is 4.28. The van der Waals surface area contributed by atoms with Crippen LogP contribution in [-0.4, -0.2) is 29.5 Å². The van der Waals surface area contributed by atoms with Gasteiger partial charge in [0.15, 0.2) is 0 Å². The molecule has 23 heavy (non-hydrogen) atoms. The second-order valence-corrected chi connectivity index (χ2v) is 5.39. The van der Waals surface area contributed by atoms with E-state index in [0.717, 1.165) is 28.2 Å². The maximum atomic E-state index is 12.2. The van der Waals surface area contributed by atoms with Gasteiger partial charge in [-0.15, -0.1) is 0 Å². The summed E-state index contributed by atoms with van der Waals surface area (Å²) in [6.07, 6.45) is 0.647. The van der Waals surface area contributed by atoms with Crippen LogP contribution >= 0.6 is 0 Å². The molecule has 0 spiro atoms. The van der Waals surface area contributed by atoms with E-state index in [1.54, 1.807) is 7.11 Å². The van der Waals surface area contributed by atoms with Gasteiger partial charge >= 0.3 is 0 Å². The Morgan fingerprint density at radius 2 is 2.09 bits per heavy atom. The molecule has 0 fully saturated rings. The molecule has 2 N–H and O–H groups in total. The molecule has 3 rings (SSSR count). The van der Waals surface area contributed by atoms with Gasteiger partial charge in [-0.2, -0.15) is 0 Å². The van der Waals surface area contributed by atoms with Crippen LogP contribution in [0.1, 0.15) is 21.7 Å². The lowest BCUT2D eigenvalue weighted by molar-refractivity contribution is 0.0953. The van der Waals surface area contributed by atoms with Gasteiger partial charge < -0.3 is 15.0 Å². The molecule has 1 heterocycles. The molecule has 3 aromatic rings. The van der Waals surface area contributed by atoms with Gasteiger partial charge in [0.2, 0.25) is 0 Å². The SMILES string of the molecule is COc1ccc2nc(CCNC(=O)c3ccccc3C)[nH]c2c1. The van der Waals surface area contributed by atoms with Crippen LogP contribution in [0.2, 0.25) is 0 Å². The predicted octanol–water partition coefficient (Wildman–Crippen LogP) is 2.85. The third-order valence-corrected chi connectivity index (χ3v) is 3.78. The number of benzene rings is 2. The van der Waals surface area contributed by atoms with Crippen molar-refractivity contribution in [3.8, 4) is 5.75 Å². The number of amides is 1. The molecule has 0 radical (unpaired) electrons. The van der Waals surface area contributed by atoms with E-state index >= 15 is 0 Å². The Morgan fingerprint density at radius 3 is 2.87 bits per heavy atom. The number of ether oxygens (including phenoxy) is 1. The van der Waals surface area contributed by atoms with Crippen molar-refractivity contribution in [2.24, 2.45) is 0 Å². The number of imidazole rings is 1. The Labute approximate surface area is 134 Å². The van der Waals surface area contributed by atoms with E-state index in [9.17, 15) is 4.79 Å². The maximum absolute atomic E-state index is 12.2. The molecule has 5 heteroatoms. The summed E-state index contributed by atoms with van der Waals surface area (Å²) in [7, 11) is 1.64. The van der Waals surface area contributed by atoms with Crippen molar-refractivity contribution in [1.82, 2.24) is 15.3 Å². The first-order valence-corrected chi connectivity index (χ1v) is 7.54. The van der Waals surface area contributed by atoms with Gasteiger partial charge in [-0.25, -0.2) is 4.98 Å². The number of rotatable bonds is 5. The molecular formula is C18H19N3O2. The van der Waals surface area contributed by atoms with E-state index in [1.165, 1.54) is 0 Å².